The predicted octanol–water partition coefficient (Wildman–Crippen LogP) is 3.91. The maximum absolute atomic E-state index is 13.2. The van der Waals surface area contributed by atoms with Crippen molar-refractivity contribution in [2.24, 2.45) is 0 Å². The Morgan fingerprint density at radius 2 is 1.61 bits per heavy atom. The summed E-state index contributed by atoms with van der Waals surface area (Å²) < 4.78 is 37.9. The first-order valence-corrected chi connectivity index (χ1v) is 10.8. The fourth-order valence-electron chi connectivity index (χ4n) is 3.10. The van der Waals surface area contributed by atoms with E-state index in [1.54, 1.807) is 42.7 Å². The van der Waals surface area contributed by atoms with E-state index in [-0.39, 0.29) is 22.8 Å². The van der Waals surface area contributed by atoms with Crippen LogP contribution < -0.4 is 9.62 Å². The summed E-state index contributed by atoms with van der Waals surface area (Å²) in [5.74, 6) is -0.772. The first kappa shape index (κ1) is 21.9. The lowest BCUT2D eigenvalue weighted by Gasteiger charge is -2.20. The van der Waals surface area contributed by atoms with Crippen LogP contribution in [0.4, 0.5) is 21.5 Å². The second-order valence-corrected chi connectivity index (χ2v) is 7.71. The van der Waals surface area contributed by atoms with Gasteiger partial charge in [-0.25, -0.2) is 27.1 Å². The third kappa shape index (κ3) is 4.96. The Hall–Kier alpha value is -4.31. The molecule has 0 bridgehead atoms. The van der Waals surface area contributed by atoms with E-state index in [1.807, 2.05) is 0 Å². The lowest BCUT2D eigenvalue weighted by atomic mass is 10.1. The highest BCUT2D eigenvalue weighted by molar-refractivity contribution is 7.74. The van der Waals surface area contributed by atoms with E-state index in [0.29, 0.717) is 11.4 Å². The van der Waals surface area contributed by atoms with Gasteiger partial charge in [-0.2, -0.15) is 0 Å². The zero-order valence-corrected chi connectivity index (χ0v) is 17.8. The monoisotopic (exact) mass is 464 g/mol. The number of aromatic hydroxyl groups is 1. The van der Waals surface area contributed by atoms with Crippen molar-refractivity contribution >= 4 is 33.9 Å². The van der Waals surface area contributed by atoms with E-state index in [0.717, 1.165) is 22.0 Å². The van der Waals surface area contributed by atoms with E-state index in [4.69, 9.17) is 0 Å². The Balaban J connectivity index is 1.58. The molecule has 10 heteroatoms. The van der Waals surface area contributed by atoms with Crippen LogP contribution in [-0.2, 0) is 10.9 Å². The SMILES string of the molecule is O=C(Nc1ccc(O)c(N(c2ccc(F)cc2)[SH](=O)=O)c1)c1ccc(-c2ncccn2)cc1. The van der Waals surface area contributed by atoms with Gasteiger partial charge in [0.2, 0.25) is 10.9 Å². The topological polar surface area (TPSA) is 112 Å². The third-order valence-electron chi connectivity index (χ3n) is 4.67. The van der Waals surface area contributed by atoms with Crippen molar-refractivity contribution in [2.45, 2.75) is 0 Å². The molecule has 4 rings (SSSR count). The van der Waals surface area contributed by atoms with Gasteiger partial charge in [0, 0.05) is 29.2 Å². The van der Waals surface area contributed by atoms with Gasteiger partial charge in [0.25, 0.3) is 5.91 Å². The average molecular weight is 464 g/mol. The average Bonchev–Trinajstić information content (AvgIpc) is 2.83. The summed E-state index contributed by atoms with van der Waals surface area (Å²) in [4.78, 5) is 21.0. The largest absolute Gasteiger partial charge is 0.506 e. The van der Waals surface area contributed by atoms with Crippen LogP contribution in [0.3, 0.4) is 0 Å². The standard InChI is InChI=1S/C23H17FN4O4S/c24-17-6-9-19(10-7-17)28(33(31)32)20-14-18(8-11-21(20)29)27-23(30)16-4-2-15(3-5-16)22-25-12-1-13-26-22/h1-14,29,33H,(H,27,30). The number of nitrogens with one attached hydrogen (secondary N) is 1. The molecule has 0 unspecified atom stereocenters. The van der Waals surface area contributed by atoms with Crippen molar-refractivity contribution in [1.82, 2.24) is 9.97 Å². The Morgan fingerprint density at radius 3 is 2.24 bits per heavy atom. The number of aromatic nitrogens is 2. The summed E-state index contributed by atoms with van der Waals surface area (Å²) in [6.07, 6.45) is 3.24. The molecule has 0 aliphatic heterocycles. The van der Waals surface area contributed by atoms with Gasteiger partial charge in [-0.3, -0.25) is 4.79 Å². The normalized spacial score (nSPS) is 10.7. The van der Waals surface area contributed by atoms with Gasteiger partial charge >= 0.3 is 0 Å². The minimum Gasteiger partial charge on any atom is -0.506 e. The van der Waals surface area contributed by atoms with Crippen LogP contribution in [-0.4, -0.2) is 29.4 Å². The molecule has 0 atom stereocenters. The summed E-state index contributed by atoms with van der Waals surface area (Å²) >= 11 is 0. The van der Waals surface area contributed by atoms with E-state index in [9.17, 15) is 22.7 Å². The van der Waals surface area contributed by atoms with Gasteiger partial charge in [0.05, 0.1) is 5.69 Å². The fraction of sp³-hybridized carbons (Fsp3) is 0. The van der Waals surface area contributed by atoms with Gasteiger partial charge in [-0.15, -0.1) is 0 Å². The molecule has 8 nitrogen and oxygen atoms in total. The molecule has 1 heterocycles. The molecule has 0 aliphatic rings. The number of benzene rings is 3. The summed E-state index contributed by atoms with van der Waals surface area (Å²) in [7, 11) is -3.22. The van der Waals surface area contributed by atoms with Crippen molar-refractivity contribution in [1.29, 1.82) is 0 Å². The fourth-order valence-corrected chi connectivity index (χ4v) is 3.75. The number of halogens is 1. The van der Waals surface area contributed by atoms with Crippen molar-refractivity contribution in [3.63, 3.8) is 0 Å². The molecule has 0 radical (unpaired) electrons. The molecular formula is C23H17FN4O4S. The first-order valence-electron chi connectivity index (χ1n) is 9.64. The van der Waals surface area contributed by atoms with E-state index >= 15 is 0 Å². The zero-order valence-electron chi connectivity index (χ0n) is 16.9. The number of phenols is 1. The summed E-state index contributed by atoms with van der Waals surface area (Å²) in [6, 6.07) is 17.1. The molecule has 0 spiro atoms. The molecule has 1 aromatic heterocycles. The van der Waals surface area contributed by atoms with Crippen LogP contribution in [0.1, 0.15) is 10.4 Å². The molecule has 0 saturated heterocycles. The summed E-state index contributed by atoms with van der Waals surface area (Å²) in [5.41, 5.74) is 1.40. The minimum atomic E-state index is -3.22. The van der Waals surface area contributed by atoms with Gasteiger partial charge in [-0.1, -0.05) is 12.1 Å². The Morgan fingerprint density at radius 1 is 0.939 bits per heavy atom. The summed E-state index contributed by atoms with van der Waals surface area (Å²) in [6.45, 7) is 0. The number of carbonyl (C=O) groups excluding carboxylic acids is 1. The number of nitrogens with zero attached hydrogens (tertiary/aromatic N) is 3. The molecule has 2 N–H and O–H groups in total. The van der Waals surface area contributed by atoms with Crippen LogP contribution in [0.5, 0.6) is 5.75 Å². The van der Waals surface area contributed by atoms with Crippen LogP contribution in [0.25, 0.3) is 11.4 Å². The van der Waals surface area contributed by atoms with Crippen LogP contribution in [0.2, 0.25) is 0 Å². The van der Waals surface area contributed by atoms with Crippen molar-refractivity contribution < 1.29 is 22.7 Å². The molecule has 4 aromatic rings. The first-order chi connectivity index (χ1) is 15.9. The van der Waals surface area contributed by atoms with Gasteiger partial charge in [-0.05, 0) is 60.7 Å². The molecule has 3 aromatic carbocycles. The number of thiol groups is 1. The number of carbonyl (C=O) groups is 1. The molecule has 0 fully saturated rings. The third-order valence-corrected chi connectivity index (χ3v) is 5.44. The predicted molar refractivity (Wildman–Crippen MR) is 122 cm³/mol. The number of amides is 1. The quantitative estimate of drug-likeness (QED) is 0.295. The van der Waals surface area contributed by atoms with E-state index in [1.165, 1.54) is 30.3 Å². The molecular weight excluding hydrogens is 447 g/mol. The number of hydrogen-bond acceptors (Lipinski definition) is 6. The highest BCUT2D eigenvalue weighted by atomic mass is 32.2. The Bertz CT molecular complexity index is 1350. The van der Waals surface area contributed by atoms with Crippen LogP contribution in [0.15, 0.2) is 85.2 Å². The van der Waals surface area contributed by atoms with Crippen LogP contribution >= 0.6 is 0 Å². The van der Waals surface area contributed by atoms with Crippen molar-refractivity contribution in [3.8, 4) is 17.1 Å². The lowest BCUT2D eigenvalue weighted by molar-refractivity contribution is 0.102. The molecule has 166 valence electrons. The minimum absolute atomic E-state index is 0.0907. The Labute approximate surface area is 190 Å². The lowest BCUT2D eigenvalue weighted by Crippen LogP contribution is -2.16. The highest BCUT2D eigenvalue weighted by Gasteiger charge is 2.18. The van der Waals surface area contributed by atoms with Crippen molar-refractivity contribution in [3.05, 3.63) is 96.6 Å². The van der Waals surface area contributed by atoms with Gasteiger partial charge < -0.3 is 10.4 Å². The number of phenolic OH excluding ortho intramolecular Hbond substituents is 1. The molecule has 0 saturated carbocycles. The second kappa shape index (κ2) is 9.45. The number of hydrogen-bond donors (Lipinski definition) is 3. The van der Waals surface area contributed by atoms with E-state index in [2.05, 4.69) is 15.3 Å². The zero-order chi connectivity index (χ0) is 23.4. The Kier molecular flexibility index (Phi) is 6.27. The number of rotatable bonds is 6. The molecule has 33 heavy (non-hydrogen) atoms. The van der Waals surface area contributed by atoms with Gasteiger partial charge in [0.15, 0.2) is 5.82 Å². The van der Waals surface area contributed by atoms with Crippen LogP contribution in [0, 0.1) is 5.82 Å². The smallest absolute Gasteiger partial charge is 0.255 e. The summed E-state index contributed by atoms with van der Waals surface area (Å²) in [5, 5.41) is 12.9. The maximum Gasteiger partial charge on any atom is 0.255 e. The number of anilines is 3. The highest BCUT2D eigenvalue weighted by Crippen LogP contribution is 2.35. The van der Waals surface area contributed by atoms with Crippen molar-refractivity contribution in [2.75, 3.05) is 9.62 Å². The van der Waals surface area contributed by atoms with Gasteiger partial charge in [0.1, 0.15) is 17.3 Å². The van der Waals surface area contributed by atoms with E-state index < -0.39 is 22.6 Å². The molecule has 1 amide bonds. The molecule has 0 aliphatic carbocycles. The second-order valence-electron chi connectivity index (χ2n) is 6.83. The maximum atomic E-state index is 13.2.